The van der Waals surface area contributed by atoms with Gasteiger partial charge in [0.15, 0.2) is 0 Å². The summed E-state index contributed by atoms with van der Waals surface area (Å²) in [5.41, 5.74) is 2.49. The lowest BCUT2D eigenvalue weighted by Gasteiger charge is -2.12. The number of halogens is 1. The molecule has 0 fully saturated rings. The highest BCUT2D eigenvalue weighted by molar-refractivity contribution is 6.31. The molecule has 0 atom stereocenters. The van der Waals surface area contributed by atoms with E-state index in [1.54, 1.807) is 36.4 Å². The number of carbonyl (C=O) groups is 1. The summed E-state index contributed by atoms with van der Waals surface area (Å²) >= 11 is 6.10. The van der Waals surface area contributed by atoms with Gasteiger partial charge in [-0.2, -0.15) is 5.26 Å². The zero-order valence-electron chi connectivity index (χ0n) is 15.2. The van der Waals surface area contributed by atoms with Crippen LogP contribution in [0.2, 0.25) is 5.02 Å². The molecule has 1 amide bonds. The van der Waals surface area contributed by atoms with Gasteiger partial charge in [-0.15, -0.1) is 0 Å². The summed E-state index contributed by atoms with van der Waals surface area (Å²) in [4.78, 5) is 20.8. The van der Waals surface area contributed by atoms with Crippen LogP contribution in [0.1, 0.15) is 21.6 Å². The number of rotatable bonds is 5. The van der Waals surface area contributed by atoms with E-state index < -0.39 is 5.91 Å². The minimum absolute atomic E-state index is 0.154. The number of anilines is 3. The fraction of sp³-hybridized carbons (Fsp3) is 0.100. The molecule has 2 N–H and O–H groups in total. The van der Waals surface area contributed by atoms with Gasteiger partial charge in [-0.1, -0.05) is 23.7 Å². The molecule has 0 unspecified atom stereocenters. The minimum atomic E-state index is -0.431. The quantitative estimate of drug-likeness (QED) is 0.669. The molecule has 0 spiro atoms. The first-order valence-corrected chi connectivity index (χ1v) is 8.63. The van der Waals surface area contributed by atoms with E-state index in [0.29, 0.717) is 33.5 Å². The number of nitrogens with one attached hydrogen (secondary N) is 2. The smallest absolute Gasteiger partial charge is 0.274 e. The monoisotopic (exact) mass is 393 g/mol. The van der Waals surface area contributed by atoms with Crippen LogP contribution in [0.4, 0.5) is 17.2 Å². The number of methoxy groups -OCH3 is 1. The van der Waals surface area contributed by atoms with Crippen molar-refractivity contribution in [1.29, 1.82) is 5.26 Å². The number of para-hydroxylation sites is 1. The van der Waals surface area contributed by atoms with Crippen LogP contribution in [0.5, 0.6) is 5.75 Å². The second-order valence-electron chi connectivity index (χ2n) is 5.83. The highest BCUT2D eigenvalue weighted by atomic mass is 35.5. The van der Waals surface area contributed by atoms with Crippen molar-refractivity contribution in [3.8, 4) is 11.8 Å². The van der Waals surface area contributed by atoms with Crippen molar-refractivity contribution in [2.75, 3.05) is 17.7 Å². The Morgan fingerprint density at radius 1 is 1.18 bits per heavy atom. The highest BCUT2D eigenvalue weighted by Gasteiger charge is 2.14. The Kier molecular flexibility index (Phi) is 5.72. The van der Waals surface area contributed by atoms with Crippen LogP contribution in [0.25, 0.3) is 0 Å². The minimum Gasteiger partial charge on any atom is -0.495 e. The zero-order chi connectivity index (χ0) is 20.1. The lowest BCUT2D eigenvalue weighted by Crippen LogP contribution is -2.15. The molecule has 8 heteroatoms. The van der Waals surface area contributed by atoms with Gasteiger partial charge in [-0.25, -0.2) is 9.97 Å². The van der Waals surface area contributed by atoms with E-state index in [1.165, 1.54) is 19.5 Å². The average Bonchev–Trinajstić information content (AvgIpc) is 2.71. The summed E-state index contributed by atoms with van der Waals surface area (Å²) in [6.45, 7) is 1.83. The summed E-state index contributed by atoms with van der Waals surface area (Å²) in [6.07, 6.45) is 1.27. The van der Waals surface area contributed by atoms with Crippen LogP contribution in [-0.4, -0.2) is 23.0 Å². The fourth-order valence-electron chi connectivity index (χ4n) is 2.49. The maximum absolute atomic E-state index is 12.6. The standard InChI is InChI=1S/C20H16ClN5O2/c1-12-7-16(18(28-2)8-14(12)21)26-20(27)17-9-19(24-11-23-17)25-15-6-4-3-5-13(15)10-22/h3-9,11H,1-2H3,(H,26,27)(H,23,24,25). The van der Waals surface area contributed by atoms with Crippen molar-refractivity contribution in [3.63, 3.8) is 0 Å². The number of nitriles is 1. The molecule has 0 radical (unpaired) electrons. The third kappa shape index (κ3) is 4.19. The topological polar surface area (TPSA) is 99.9 Å². The van der Waals surface area contributed by atoms with Gasteiger partial charge in [-0.05, 0) is 30.7 Å². The molecular weight excluding hydrogens is 378 g/mol. The van der Waals surface area contributed by atoms with Gasteiger partial charge in [0.2, 0.25) is 0 Å². The summed E-state index contributed by atoms with van der Waals surface area (Å²) in [5.74, 6) is 0.403. The first kappa shape index (κ1) is 19.1. The molecule has 0 saturated heterocycles. The molecule has 3 aromatic rings. The van der Waals surface area contributed by atoms with Crippen LogP contribution in [0.15, 0.2) is 48.8 Å². The molecular formula is C20H16ClN5O2. The number of nitrogens with zero attached hydrogens (tertiary/aromatic N) is 3. The van der Waals surface area contributed by atoms with Gasteiger partial charge in [0.05, 0.1) is 24.0 Å². The molecule has 3 rings (SSSR count). The summed E-state index contributed by atoms with van der Waals surface area (Å²) < 4.78 is 5.27. The predicted molar refractivity (Wildman–Crippen MR) is 107 cm³/mol. The van der Waals surface area contributed by atoms with Crippen molar-refractivity contribution in [3.05, 3.63) is 70.6 Å². The number of carbonyl (C=O) groups excluding carboxylic acids is 1. The Labute approximate surface area is 167 Å². The third-order valence-corrected chi connectivity index (χ3v) is 4.35. The molecule has 1 heterocycles. The van der Waals surface area contributed by atoms with Gasteiger partial charge in [0, 0.05) is 17.2 Å². The molecule has 0 saturated carbocycles. The molecule has 0 bridgehead atoms. The third-order valence-electron chi connectivity index (χ3n) is 3.94. The number of hydrogen-bond donors (Lipinski definition) is 2. The van der Waals surface area contributed by atoms with Crippen molar-refractivity contribution >= 4 is 34.7 Å². The maximum atomic E-state index is 12.6. The second kappa shape index (κ2) is 8.37. The normalized spacial score (nSPS) is 10.1. The number of amides is 1. The van der Waals surface area contributed by atoms with Crippen molar-refractivity contribution in [2.45, 2.75) is 6.92 Å². The highest BCUT2D eigenvalue weighted by Crippen LogP contribution is 2.31. The Morgan fingerprint density at radius 2 is 1.96 bits per heavy atom. The van der Waals surface area contributed by atoms with Crippen LogP contribution >= 0.6 is 11.6 Å². The first-order valence-electron chi connectivity index (χ1n) is 8.25. The Balaban J connectivity index is 1.83. The lowest BCUT2D eigenvalue weighted by atomic mass is 10.2. The van der Waals surface area contributed by atoms with Crippen LogP contribution in [0, 0.1) is 18.3 Å². The van der Waals surface area contributed by atoms with Crippen molar-refractivity contribution in [1.82, 2.24) is 9.97 Å². The SMILES string of the molecule is COc1cc(Cl)c(C)cc1NC(=O)c1cc(Nc2ccccc2C#N)ncn1. The second-order valence-corrected chi connectivity index (χ2v) is 6.23. The first-order chi connectivity index (χ1) is 13.5. The van der Waals surface area contributed by atoms with Crippen LogP contribution in [0.3, 0.4) is 0 Å². The number of benzene rings is 2. The van der Waals surface area contributed by atoms with E-state index in [0.717, 1.165) is 5.56 Å². The average molecular weight is 394 g/mol. The number of ether oxygens (including phenoxy) is 1. The van der Waals surface area contributed by atoms with Gasteiger partial charge >= 0.3 is 0 Å². The van der Waals surface area contributed by atoms with E-state index in [2.05, 4.69) is 26.7 Å². The van der Waals surface area contributed by atoms with Crippen LogP contribution < -0.4 is 15.4 Å². The molecule has 1 aromatic heterocycles. The van der Waals surface area contributed by atoms with Crippen LogP contribution in [-0.2, 0) is 0 Å². The fourth-order valence-corrected chi connectivity index (χ4v) is 2.65. The van der Waals surface area contributed by atoms with E-state index in [9.17, 15) is 10.1 Å². The van der Waals surface area contributed by atoms with Crippen molar-refractivity contribution in [2.24, 2.45) is 0 Å². The number of hydrogen-bond acceptors (Lipinski definition) is 6. The van der Waals surface area contributed by atoms with E-state index in [4.69, 9.17) is 16.3 Å². The largest absolute Gasteiger partial charge is 0.495 e. The molecule has 28 heavy (non-hydrogen) atoms. The van der Waals surface area contributed by atoms with E-state index >= 15 is 0 Å². The van der Waals surface area contributed by atoms with Gasteiger partial charge in [0.25, 0.3) is 5.91 Å². The van der Waals surface area contributed by atoms with E-state index in [1.807, 2.05) is 6.92 Å². The number of aryl methyl sites for hydroxylation is 1. The van der Waals surface area contributed by atoms with Gasteiger partial charge in [0.1, 0.15) is 29.7 Å². The number of aromatic nitrogens is 2. The molecule has 0 aliphatic heterocycles. The predicted octanol–water partition coefficient (Wildman–Crippen LogP) is 4.31. The summed E-state index contributed by atoms with van der Waals surface area (Å²) in [7, 11) is 1.50. The maximum Gasteiger partial charge on any atom is 0.274 e. The summed E-state index contributed by atoms with van der Waals surface area (Å²) in [6, 6.07) is 14.0. The Bertz CT molecular complexity index is 1080. The van der Waals surface area contributed by atoms with Gasteiger partial charge in [-0.3, -0.25) is 4.79 Å². The molecule has 2 aromatic carbocycles. The van der Waals surface area contributed by atoms with E-state index in [-0.39, 0.29) is 5.69 Å². The molecule has 0 aliphatic rings. The molecule has 7 nitrogen and oxygen atoms in total. The lowest BCUT2D eigenvalue weighted by molar-refractivity contribution is 0.102. The Hall–Kier alpha value is -3.63. The molecule has 0 aliphatic carbocycles. The van der Waals surface area contributed by atoms with Gasteiger partial charge < -0.3 is 15.4 Å². The zero-order valence-corrected chi connectivity index (χ0v) is 15.9. The van der Waals surface area contributed by atoms with Crippen molar-refractivity contribution < 1.29 is 9.53 Å². The Morgan fingerprint density at radius 3 is 2.71 bits per heavy atom. The summed E-state index contributed by atoms with van der Waals surface area (Å²) in [5, 5.41) is 15.5. The molecule has 140 valence electrons.